The minimum Gasteiger partial charge on any atom is -0.423 e. The van der Waals surface area contributed by atoms with Crippen LogP contribution in [0.2, 0.25) is 0 Å². The number of thioether (sulfide) groups is 1. The summed E-state index contributed by atoms with van der Waals surface area (Å²) < 4.78 is 5.24. The quantitative estimate of drug-likeness (QED) is 0.678. The minimum absolute atomic E-state index is 0.0862. The van der Waals surface area contributed by atoms with Crippen molar-refractivity contribution in [2.24, 2.45) is 0 Å². The molecule has 0 atom stereocenters. The Kier molecular flexibility index (Phi) is 3.42. The Labute approximate surface area is 136 Å². The third-order valence-corrected chi connectivity index (χ3v) is 4.96. The molecule has 3 aromatic rings. The van der Waals surface area contributed by atoms with Gasteiger partial charge in [-0.1, -0.05) is 30.3 Å². The fourth-order valence-electron chi connectivity index (χ4n) is 2.76. The number of rotatable bonds is 2. The predicted molar refractivity (Wildman–Crippen MR) is 90.8 cm³/mol. The Morgan fingerprint density at radius 3 is 2.65 bits per heavy atom. The first-order valence-corrected chi connectivity index (χ1v) is 8.25. The van der Waals surface area contributed by atoms with Gasteiger partial charge < -0.3 is 9.32 Å². The highest BCUT2D eigenvalue weighted by Crippen LogP contribution is 2.40. The first-order chi connectivity index (χ1) is 11.2. The molecule has 4 nitrogen and oxygen atoms in total. The third kappa shape index (κ3) is 2.53. The van der Waals surface area contributed by atoms with Crippen LogP contribution in [-0.2, 0) is 11.3 Å². The van der Waals surface area contributed by atoms with Crippen LogP contribution in [0.5, 0.6) is 0 Å². The second-order valence-electron chi connectivity index (χ2n) is 5.33. The first-order valence-electron chi connectivity index (χ1n) is 7.26. The van der Waals surface area contributed by atoms with E-state index in [4.69, 9.17) is 4.42 Å². The van der Waals surface area contributed by atoms with Crippen molar-refractivity contribution in [3.05, 3.63) is 70.6 Å². The number of nitrogens with zero attached hydrogens (tertiary/aromatic N) is 1. The molecule has 0 N–H and O–H groups in total. The van der Waals surface area contributed by atoms with E-state index in [-0.39, 0.29) is 11.5 Å². The minimum atomic E-state index is -0.365. The van der Waals surface area contributed by atoms with Gasteiger partial charge in [0, 0.05) is 16.3 Å². The van der Waals surface area contributed by atoms with Crippen LogP contribution < -0.4 is 10.5 Å². The van der Waals surface area contributed by atoms with Crippen molar-refractivity contribution in [3.63, 3.8) is 0 Å². The van der Waals surface area contributed by atoms with Crippen molar-refractivity contribution in [2.75, 3.05) is 10.7 Å². The molecule has 0 spiro atoms. The van der Waals surface area contributed by atoms with Crippen LogP contribution in [0.3, 0.4) is 0 Å². The van der Waals surface area contributed by atoms with Gasteiger partial charge in [0.25, 0.3) is 0 Å². The van der Waals surface area contributed by atoms with Gasteiger partial charge in [-0.15, -0.1) is 11.8 Å². The number of anilines is 1. The highest BCUT2D eigenvalue weighted by atomic mass is 32.2. The van der Waals surface area contributed by atoms with Crippen molar-refractivity contribution in [2.45, 2.75) is 11.4 Å². The normalized spacial score (nSPS) is 14.1. The fourth-order valence-corrected chi connectivity index (χ4v) is 3.83. The summed E-state index contributed by atoms with van der Waals surface area (Å²) in [5.41, 5.74) is 2.14. The van der Waals surface area contributed by atoms with Crippen LogP contribution in [0.15, 0.2) is 68.7 Å². The maximum atomic E-state index is 12.4. The molecule has 0 radical (unpaired) electrons. The number of carbonyl (C=O) groups excluding carboxylic acids is 1. The van der Waals surface area contributed by atoms with E-state index in [0.29, 0.717) is 17.9 Å². The summed E-state index contributed by atoms with van der Waals surface area (Å²) in [6.07, 6.45) is 0. The highest BCUT2D eigenvalue weighted by molar-refractivity contribution is 8.00. The summed E-state index contributed by atoms with van der Waals surface area (Å²) in [6, 6.07) is 16.7. The first kappa shape index (κ1) is 14.1. The third-order valence-electron chi connectivity index (χ3n) is 3.85. The molecular weight excluding hydrogens is 310 g/mol. The molecule has 23 heavy (non-hydrogen) atoms. The van der Waals surface area contributed by atoms with Crippen LogP contribution in [0.1, 0.15) is 5.56 Å². The molecule has 0 saturated heterocycles. The number of amides is 1. The second-order valence-corrected chi connectivity index (χ2v) is 6.32. The molecule has 114 valence electrons. The van der Waals surface area contributed by atoms with E-state index in [0.717, 1.165) is 21.5 Å². The fraction of sp³-hybridized carbons (Fsp3) is 0.111. The maximum absolute atomic E-state index is 12.4. The van der Waals surface area contributed by atoms with E-state index in [9.17, 15) is 9.59 Å². The van der Waals surface area contributed by atoms with Gasteiger partial charge in [0.1, 0.15) is 5.58 Å². The van der Waals surface area contributed by atoms with Crippen molar-refractivity contribution in [1.82, 2.24) is 0 Å². The van der Waals surface area contributed by atoms with E-state index >= 15 is 0 Å². The monoisotopic (exact) mass is 323 g/mol. The largest absolute Gasteiger partial charge is 0.423 e. The van der Waals surface area contributed by atoms with Crippen molar-refractivity contribution in [1.29, 1.82) is 0 Å². The van der Waals surface area contributed by atoms with Gasteiger partial charge in [-0.05, 0) is 23.8 Å². The van der Waals surface area contributed by atoms with Gasteiger partial charge in [-0.3, -0.25) is 4.79 Å². The maximum Gasteiger partial charge on any atom is 0.336 e. The van der Waals surface area contributed by atoms with Gasteiger partial charge >= 0.3 is 5.63 Å². The Balaban J connectivity index is 1.83. The average Bonchev–Trinajstić information content (AvgIpc) is 2.57. The highest BCUT2D eigenvalue weighted by Gasteiger charge is 2.26. The molecule has 4 rings (SSSR count). The van der Waals surface area contributed by atoms with E-state index in [2.05, 4.69) is 0 Å². The van der Waals surface area contributed by atoms with E-state index < -0.39 is 0 Å². The zero-order valence-electron chi connectivity index (χ0n) is 12.2. The number of benzene rings is 2. The van der Waals surface area contributed by atoms with Crippen LogP contribution in [0.4, 0.5) is 5.69 Å². The lowest BCUT2D eigenvalue weighted by Crippen LogP contribution is -2.34. The van der Waals surface area contributed by atoms with Gasteiger partial charge in [0.05, 0.1) is 18.0 Å². The Morgan fingerprint density at radius 2 is 1.83 bits per heavy atom. The summed E-state index contributed by atoms with van der Waals surface area (Å²) >= 11 is 1.49. The summed E-state index contributed by atoms with van der Waals surface area (Å²) in [4.78, 5) is 26.5. The summed E-state index contributed by atoms with van der Waals surface area (Å²) in [5.74, 6) is 0.473. The van der Waals surface area contributed by atoms with Gasteiger partial charge in [0.15, 0.2) is 0 Å². The Bertz CT molecular complexity index is 949. The van der Waals surface area contributed by atoms with Crippen molar-refractivity contribution >= 4 is 34.3 Å². The molecule has 2 aromatic carbocycles. The smallest absolute Gasteiger partial charge is 0.336 e. The topological polar surface area (TPSA) is 50.5 Å². The lowest BCUT2D eigenvalue weighted by Gasteiger charge is -2.29. The molecule has 1 aromatic heterocycles. The molecule has 5 heteroatoms. The molecule has 0 saturated carbocycles. The number of fused-ring (bicyclic) bond motifs is 3. The van der Waals surface area contributed by atoms with E-state index in [1.54, 1.807) is 17.0 Å². The van der Waals surface area contributed by atoms with Gasteiger partial charge in [-0.2, -0.15) is 0 Å². The predicted octanol–water partition coefficient (Wildman–Crippen LogP) is 3.43. The molecule has 1 aliphatic rings. The number of hydrogen-bond acceptors (Lipinski definition) is 4. The molecule has 1 amide bonds. The molecule has 2 heterocycles. The summed E-state index contributed by atoms with van der Waals surface area (Å²) in [6.45, 7) is 0.537. The Morgan fingerprint density at radius 1 is 1.00 bits per heavy atom. The Hall–Kier alpha value is -2.53. The molecule has 0 unspecified atom stereocenters. The van der Waals surface area contributed by atoms with E-state index in [1.807, 2.05) is 36.4 Å². The van der Waals surface area contributed by atoms with Crippen LogP contribution in [-0.4, -0.2) is 11.7 Å². The standard InChI is InChI=1S/C18H13NO3S/c20-16-11-23-18-13-6-9-17(21)22-15(13)8-7-14(18)19(16)10-12-4-2-1-3-5-12/h1-9H,10-11H2. The van der Waals surface area contributed by atoms with Crippen LogP contribution >= 0.6 is 11.8 Å². The summed E-state index contributed by atoms with van der Waals surface area (Å²) in [7, 11) is 0. The van der Waals surface area contributed by atoms with Crippen LogP contribution in [0.25, 0.3) is 11.0 Å². The average molecular weight is 323 g/mol. The van der Waals surface area contributed by atoms with E-state index in [1.165, 1.54) is 17.8 Å². The molecule has 1 aliphatic heterocycles. The molecule has 0 fully saturated rings. The van der Waals surface area contributed by atoms with Crippen LogP contribution in [0, 0.1) is 0 Å². The zero-order chi connectivity index (χ0) is 15.8. The zero-order valence-corrected chi connectivity index (χ0v) is 13.0. The number of hydrogen-bond donors (Lipinski definition) is 0. The van der Waals surface area contributed by atoms with Crippen molar-refractivity contribution in [3.8, 4) is 0 Å². The molecule has 0 aliphatic carbocycles. The molecule has 0 bridgehead atoms. The summed E-state index contributed by atoms with van der Waals surface area (Å²) in [5, 5.41) is 0.873. The van der Waals surface area contributed by atoms with Crippen molar-refractivity contribution < 1.29 is 9.21 Å². The number of carbonyl (C=O) groups is 1. The molecular formula is C18H13NO3S. The SMILES string of the molecule is O=C1CSc2c(ccc3oc(=O)ccc23)N1Cc1ccccc1. The second kappa shape index (κ2) is 5.59. The van der Waals surface area contributed by atoms with Gasteiger partial charge in [0.2, 0.25) is 5.91 Å². The lowest BCUT2D eigenvalue weighted by atomic mass is 10.1. The van der Waals surface area contributed by atoms with Gasteiger partial charge in [-0.25, -0.2) is 4.79 Å². The lowest BCUT2D eigenvalue weighted by molar-refractivity contribution is -0.116.